The quantitative estimate of drug-likeness (QED) is 0.666. The number of anilines is 1. The maximum Gasteiger partial charge on any atom is 0.416 e. The van der Waals surface area contributed by atoms with Crippen LogP contribution in [0.1, 0.15) is 5.56 Å². The Labute approximate surface area is 178 Å². The van der Waals surface area contributed by atoms with Gasteiger partial charge in [0.15, 0.2) is 0 Å². The Morgan fingerprint density at radius 2 is 1.77 bits per heavy atom. The van der Waals surface area contributed by atoms with Crippen molar-refractivity contribution in [2.24, 2.45) is 0 Å². The number of benzene rings is 2. The van der Waals surface area contributed by atoms with Gasteiger partial charge in [-0.05, 0) is 42.5 Å². The molecule has 30 heavy (non-hydrogen) atoms. The van der Waals surface area contributed by atoms with Crippen LogP contribution in [0.3, 0.4) is 0 Å². The van der Waals surface area contributed by atoms with Crippen molar-refractivity contribution in [1.82, 2.24) is 10.2 Å². The lowest BCUT2D eigenvalue weighted by atomic mass is 10.1. The van der Waals surface area contributed by atoms with E-state index < -0.39 is 11.7 Å². The van der Waals surface area contributed by atoms with Crippen LogP contribution in [0.25, 0.3) is 0 Å². The summed E-state index contributed by atoms with van der Waals surface area (Å²) in [5.74, 6) is 0.571. The second-order valence-corrected chi connectivity index (χ2v) is 7.40. The highest BCUT2D eigenvalue weighted by molar-refractivity contribution is 6.30. The third kappa shape index (κ3) is 6.53. The third-order valence-electron chi connectivity index (χ3n) is 4.78. The molecule has 0 unspecified atom stereocenters. The topological polar surface area (TPSA) is 44.8 Å². The summed E-state index contributed by atoms with van der Waals surface area (Å²) in [6.45, 7) is 3.30. The monoisotopic (exact) mass is 441 g/mol. The average Bonchev–Trinajstić information content (AvgIpc) is 2.72. The number of hydrogen-bond donors (Lipinski definition) is 1. The number of rotatable bonds is 7. The minimum Gasteiger partial charge on any atom is -0.492 e. The molecule has 0 spiro atoms. The number of nitrogens with one attached hydrogen (secondary N) is 1. The van der Waals surface area contributed by atoms with Crippen LogP contribution in [0.15, 0.2) is 48.5 Å². The van der Waals surface area contributed by atoms with Crippen LogP contribution in [0.4, 0.5) is 18.9 Å². The molecule has 0 aromatic heterocycles. The summed E-state index contributed by atoms with van der Waals surface area (Å²) in [5.41, 5.74) is -0.101. The first-order valence-electron chi connectivity index (χ1n) is 9.61. The lowest BCUT2D eigenvalue weighted by Gasteiger charge is -2.36. The van der Waals surface area contributed by atoms with Gasteiger partial charge in [-0.25, -0.2) is 0 Å². The van der Waals surface area contributed by atoms with Crippen LogP contribution >= 0.6 is 11.6 Å². The molecule has 0 aliphatic carbocycles. The molecule has 1 amide bonds. The molecule has 162 valence electrons. The minimum atomic E-state index is -4.35. The van der Waals surface area contributed by atoms with Crippen LogP contribution in [0, 0.1) is 0 Å². The van der Waals surface area contributed by atoms with Gasteiger partial charge in [0.05, 0.1) is 18.7 Å². The highest BCUT2D eigenvalue weighted by Gasteiger charge is 2.31. The maximum absolute atomic E-state index is 12.9. The fourth-order valence-electron chi connectivity index (χ4n) is 3.19. The SMILES string of the molecule is O=C(CN1CCN(c2cccc(C(F)(F)F)c2)CC1)NCCOc1ccc(Cl)cc1. The normalized spacial score (nSPS) is 15.1. The Hall–Kier alpha value is -2.45. The molecule has 2 aromatic carbocycles. The van der Waals surface area contributed by atoms with Crippen molar-refractivity contribution in [2.75, 3.05) is 50.8 Å². The average molecular weight is 442 g/mol. The number of hydrogen-bond acceptors (Lipinski definition) is 4. The third-order valence-corrected chi connectivity index (χ3v) is 5.04. The Morgan fingerprint density at radius 3 is 2.43 bits per heavy atom. The molecule has 1 heterocycles. The van der Waals surface area contributed by atoms with Gasteiger partial charge in [0.1, 0.15) is 12.4 Å². The van der Waals surface area contributed by atoms with Crippen molar-refractivity contribution in [3.05, 3.63) is 59.1 Å². The van der Waals surface area contributed by atoms with Crippen LogP contribution in [-0.2, 0) is 11.0 Å². The van der Waals surface area contributed by atoms with Gasteiger partial charge in [0.25, 0.3) is 0 Å². The Balaban J connectivity index is 1.37. The van der Waals surface area contributed by atoms with Crippen molar-refractivity contribution >= 4 is 23.2 Å². The van der Waals surface area contributed by atoms with E-state index in [0.29, 0.717) is 55.8 Å². The van der Waals surface area contributed by atoms with Gasteiger partial charge in [-0.3, -0.25) is 9.69 Å². The molecule has 0 atom stereocenters. The highest BCUT2D eigenvalue weighted by atomic mass is 35.5. The molecule has 0 saturated carbocycles. The van der Waals surface area contributed by atoms with Gasteiger partial charge in [0, 0.05) is 36.9 Å². The van der Waals surface area contributed by atoms with Crippen LogP contribution in [-0.4, -0.2) is 56.7 Å². The number of alkyl halides is 3. The Morgan fingerprint density at radius 1 is 1.07 bits per heavy atom. The Bertz CT molecular complexity index is 838. The lowest BCUT2D eigenvalue weighted by molar-refractivity contribution is -0.137. The van der Waals surface area contributed by atoms with E-state index in [4.69, 9.17) is 16.3 Å². The van der Waals surface area contributed by atoms with Crippen LogP contribution in [0.5, 0.6) is 5.75 Å². The molecular formula is C21H23ClF3N3O2. The van der Waals surface area contributed by atoms with E-state index in [1.165, 1.54) is 12.1 Å². The van der Waals surface area contributed by atoms with E-state index in [2.05, 4.69) is 5.32 Å². The molecule has 9 heteroatoms. The van der Waals surface area contributed by atoms with Crippen molar-refractivity contribution in [3.63, 3.8) is 0 Å². The maximum atomic E-state index is 12.9. The van der Waals surface area contributed by atoms with Crippen LogP contribution in [0.2, 0.25) is 5.02 Å². The summed E-state index contributed by atoms with van der Waals surface area (Å²) in [6, 6.07) is 12.3. The summed E-state index contributed by atoms with van der Waals surface area (Å²) < 4.78 is 44.2. The zero-order valence-electron chi connectivity index (χ0n) is 16.3. The molecule has 1 saturated heterocycles. The van der Waals surface area contributed by atoms with Crippen molar-refractivity contribution in [2.45, 2.75) is 6.18 Å². The van der Waals surface area contributed by atoms with E-state index in [0.717, 1.165) is 6.07 Å². The molecule has 1 fully saturated rings. The zero-order chi connectivity index (χ0) is 21.6. The highest BCUT2D eigenvalue weighted by Crippen LogP contribution is 2.31. The van der Waals surface area contributed by atoms with Crippen LogP contribution < -0.4 is 15.0 Å². The smallest absolute Gasteiger partial charge is 0.416 e. The number of nitrogens with zero attached hydrogens (tertiary/aromatic N) is 2. The van der Waals surface area contributed by atoms with Gasteiger partial charge >= 0.3 is 6.18 Å². The van der Waals surface area contributed by atoms with Gasteiger partial charge in [0.2, 0.25) is 5.91 Å². The van der Waals surface area contributed by atoms with E-state index >= 15 is 0 Å². The van der Waals surface area contributed by atoms with Gasteiger partial charge in [-0.1, -0.05) is 17.7 Å². The van der Waals surface area contributed by atoms with E-state index in [-0.39, 0.29) is 12.5 Å². The number of amides is 1. The number of carbonyl (C=O) groups is 1. The molecule has 0 radical (unpaired) electrons. The predicted molar refractivity (Wildman–Crippen MR) is 110 cm³/mol. The number of carbonyl (C=O) groups excluding carboxylic acids is 1. The first-order chi connectivity index (χ1) is 14.3. The predicted octanol–water partition coefficient (Wildman–Crippen LogP) is 3.68. The van der Waals surface area contributed by atoms with Gasteiger partial charge in [-0.15, -0.1) is 0 Å². The van der Waals surface area contributed by atoms with Crippen molar-refractivity contribution < 1.29 is 22.7 Å². The zero-order valence-corrected chi connectivity index (χ0v) is 17.0. The summed E-state index contributed by atoms with van der Waals surface area (Å²) in [6.07, 6.45) is -4.35. The summed E-state index contributed by atoms with van der Waals surface area (Å²) >= 11 is 5.81. The fourth-order valence-corrected chi connectivity index (χ4v) is 3.32. The number of halogens is 4. The van der Waals surface area contributed by atoms with Gasteiger partial charge < -0.3 is 15.0 Å². The molecule has 3 rings (SSSR count). The second-order valence-electron chi connectivity index (χ2n) is 6.96. The summed E-state index contributed by atoms with van der Waals surface area (Å²) in [4.78, 5) is 16.0. The first kappa shape index (κ1) is 22.2. The van der Waals surface area contributed by atoms with Crippen molar-refractivity contribution in [3.8, 4) is 5.75 Å². The molecular weight excluding hydrogens is 419 g/mol. The minimum absolute atomic E-state index is 0.109. The Kier molecular flexibility index (Phi) is 7.44. The number of ether oxygens (including phenoxy) is 1. The van der Waals surface area contributed by atoms with Gasteiger partial charge in [-0.2, -0.15) is 13.2 Å². The molecule has 2 aromatic rings. The molecule has 1 aliphatic rings. The first-order valence-corrected chi connectivity index (χ1v) is 9.99. The summed E-state index contributed by atoms with van der Waals surface area (Å²) in [7, 11) is 0. The van der Waals surface area contributed by atoms with Crippen molar-refractivity contribution in [1.29, 1.82) is 0 Å². The molecule has 0 bridgehead atoms. The molecule has 1 aliphatic heterocycles. The van der Waals surface area contributed by atoms with E-state index in [1.54, 1.807) is 30.3 Å². The van der Waals surface area contributed by atoms with E-state index in [9.17, 15) is 18.0 Å². The standard InChI is InChI=1S/C21H23ClF3N3O2/c22-17-4-6-19(7-5-17)30-13-8-26-20(29)15-27-9-11-28(12-10-27)18-3-1-2-16(14-18)21(23,24)25/h1-7,14H,8-13,15H2,(H,26,29). The summed E-state index contributed by atoms with van der Waals surface area (Å²) in [5, 5.41) is 3.44. The number of piperazine rings is 1. The fraction of sp³-hybridized carbons (Fsp3) is 0.381. The second kappa shape index (κ2) is 10.0. The lowest BCUT2D eigenvalue weighted by Crippen LogP contribution is -2.49. The molecule has 5 nitrogen and oxygen atoms in total. The van der Waals surface area contributed by atoms with E-state index in [1.807, 2.05) is 9.80 Å². The molecule has 1 N–H and O–H groups in total. The largest absolute Gasteiger partial charge is 0.492 e.